The SMILES string of the molecule is CC(C)(COc1cc(F)ccc1[N+](=O)[O-])CS(N)(=O)=O. The Kier molecular flexibility index (Phi) is 4.66. The van der Waals surface area contributed by atoms with Gasteiger partial charge in [0.25, 0.3) is 0 Å². The molecule has 0 atom stereocenters. The fourth-order valence-corrected chi connectivity index (χ4v) is 2.79. The number of nitrogens with two attached hydrogens (primary N) is 1. The molecule has 0 amide bonds. The van der Waals surface area contributed by atoms with E-state index in [0.29, 0.717) is 0 Å². The van der Waals surface area contributed by atoms with Gasteiger partial charge in [-0.25, -0.2) is 17.9 Å². The summed E-state index contributed by atoms with van der Waals surface area (Å²) in [6.45, 7) is 2.98. The minimum absolute atomic E-state index is 0.159. The molecule has 20 heavy (non-hydrogen) atoms. The van der Waals surface area contributed by atoms with Crippen LogP contribution in [0, 0.1) is 21.3 Å². The molecule has 0 heterocycles. The zero-order valence-electron chi connectivity index (χ0n) is 11.0. The summed E-state index contributed by atoms with van der Waals surface area (Å²) in [6, 6.07) is 2.81. The van der Waals surface area contributed by atoms with E-state index in [1.165, 1.54) is 0 Å². The molecule has 1 rings (SSSR count). The smallest absolute Gasteiger partial charge is 0.311 e. The quantitative estimate of drug-likeness (QED) is 0.631. The van der Waals surface area contributed by atoms with Crippen molar-refractivity contribution >= 4 is 15.7 Å². The van der Waals surface area contributed by atoms with Crippen molar-refractivity contribution in [1.82, 2.24) is 0 Å². The summed E-state index contributed by atoms with van der Waals surface area (Å²) in [5, 5.41) is 15.7. The number of nitrogens with zero attached hydrogens (tertiary/aromatic N) is 1. The number of halogens is 1. The van der Waals surface area contributed by atoms with Gasteiger partial charge in [0.2, 0.25) is 10.0 Å². The minimum atomic E-state index is -3.71. The van der Waals surface area contributed by atoms with Crippen molar-refractivity contribution in [3.05, 3.63) is 34.1 Å². The van der Waals surface area contributed by atoms with Gasteiger partial charge in [0, 0.05) is 17.5 Å². The molecule has 0 fully saturated rings. The van der Waals surface area contributed by atoms with E-state index < -0.39 is 31.9 Å². The van der Waals surface area contributed by atoms with Crippen molar-refractivity contribution in [2.75, 3.05) is 12.4 Å². The zero-order chi connectivity index (χ0) is 15.6. The Morgan fingerprint density at radius 1 is 1.45 bits per heavy atom. The Hall–Kier alpha value is -1.74. The molecular formula is C11H15FN2O5S. The molecule has 112 valence electrons. The number of nitro groups is 1. The first-order chi connectivity index (χ1) is 9.00. The predicted octanol–water partition coefficient (Wildman–Crippen LogP) is 1.43. The van der Waals surface area contributed by atoms with Crippen LogP contribution in [-0.4, -0.2) is 25.7 Å². The van der Waals surface area contributed by atoms with Crippen LogP contribution in [0.1, 0.15) is 13.8 Å². The standard InChI is InChI=1S/C11H15FN2O5S/c1-11(2,7-20(13,17)18)6-19-10-5-8(12)3-4-9(10)14(15)16/h3-5H,6-7H2,1-2H3,(H2,13,17,18). The van der Waals surface area contributed by atoms with Crippen molar-refractivity contribution < 1.29 is 22.5 Å². The molecule has 1 aromatic carbocycles. The summed E-state index contributed by atoms with van der Waals surface area (Å²) in [5.74, 6) is -1.30. The van der Waals surface area contributed by atoms with Crippen LogP contribution in [0.5, 0.6) is 5.75 Å². The average molecular weight is 306 g/mol. The molecule has 7 nitrogen and oxygen atoms in total. The molecule has 2 N–H and O–H groups in total. The van der Waals surface area contributed by atoms with E-state index in [-0.39, 0.29) is 18.1 Å². The first-order valence-electron chi connectivity index (χ1n) is 5.57. The number of nitro benzene ring substituents is 1. The third kappa shape index (κ3) is 5.10. The van der Waals surface area contributed by atoms with Crippen LogP contribution < -0.4 is 9.88 Å². The van der Waals surface area contributed by atoms with Gasteiger partial charge in [0.1, 0.15) is 5.82 Å². The second kappa shape index (κ2) is 5.71. The second-order valence-electron chi connectivity index (χ2n) is 5.13. The maximum Gasteiger partial charge on any atom is 0.311 e. The Morgan fingerprint density at radius 3 is 2.55 bits per heavy atom. The van der Waals surface area contributed by atoms with Crippen LogP contribution in [0.15, 0.2) is 18.2 Å². The lowest BCUT2D eigenvalue weighted by molar-refractivity contribution is -0.386. The first-order valence-corrected chi connectivity index (χ1v) is 7.29. The molecule has 0 unspecified atom stereocenters. The summed E-state index contributed by atoms with van der Waals surface area (Å²) in [4.78, 5) is 10.1. The molecule has 9 heteroatoms. The Bertz CT molecular complexity index is 615. The zero-order valence-corrected chi connectivity index (χ0v) is 11.8. The van der Waals surface area contributed by atoms with Gasteiger partial charge in [0.15, 0.2) is 5.75 Å². The van der Waals surface area contributed by atoms with Gasteiger partial charge in [-0.2, -0.15) is 0 Å². The van der Waals surface area contributed by atoms with E-state index in [2.05, 4.69) is 0 Å². The van der Waals surface area contributed by atoms with E-state index in [1.807, 2.05) is 0 Å². The molecule has 0 saturated heterocycles. The third-order valence-corrected chi connectivity index (χ3v) is 3.51. The van der Waals surface area contributed by atoms with Crippen LogP contribution >= 0.6 is 0 Å². The number of rotatable bonds is 6. The van der Waals surface area contributed by atoms with Crippen molar-refractivity contribution in [2.24, 2.45) is 10.6 Å². The highest BCUT2D eigenvalue weighted by Crippen LogP contribution is 2.29. The number of hydrogen-bond acceptors (Lipinski definition) is 5. The Balaban J connectivity index is 2.89. The average Bonchev–Trinajstić information content (AvgIpc) is 2.22. The number of hydrogen-bond donors (Lipinski definition) is 1. The monoisotopic (exact) mass is 306 g/mol. The van der Waals surface area contributed by atoms with Gasteiger partial charge in [-0.1, -0.05) is 13.8 Å². The summed E-state index contributed by atoms with van der Waals surface area (Å²) in [5.41, 5.74) is -1.26. The molecule has 1 aromatic rings. The van der Waals surface area contributed by atoms with E-state index in [1.54, 1.807) is 13.8 Å². The lowest BCUT2D eigenvalue weighted by Gasteiger charge is -2.23. The predicted molar refractivity (Wildman–Crippen MR) is 70.3 cm³/mol. The Labute approximate surface area is 115 Å². The molecule has 0 saturated carbocycles. The van der Waals surface area contributed by atoms with Gasteiger partial charge in [-0.15, -0.1) is 0 Å². The highest BCUT2D eigenvalue weighted by molar-refractivity contribution is 7.89. The number of primary sulfonamides is 1. The number of benzene rings is 1. The lowest BCUT2D eigenvalue weighted by Crippen LogP contribution is -2.33. The summed E-state index contributed by atoms with van der Waals surface area (Å²) < 4.78 is 40.4. The van der Waals surface area contributed by atoms with E-state index in [4.69, 9.17) is 9.88 Å². The van der Waals surface area contributed by atoms with Crippen molar-refractivity contribution in [1.29, 1.82) is 0 Å². The van der Waals surface area contributed by atoms with E-state index >= 15 is 0 Å². The summed E-state index contributed by atoms with van der Waals surface area (Å²) in [6.07, 6.45) is 0. The summed E-state index contributed by atoms with van der Waals surface area (Å²) in [7, 11) is -3.71. The molecule has 0 aromatic heterocycles. The van der Waals surface area contributed by atoms with Crippen molar-refractivity contribution in [3.63, 3.8) is 0 Å². The largest absolute Gasteiger partial charge is 0.486 e. The van der Waals surface area contributed by atoms with Gasteiger partial charge in [0.05, 0.1) is 17.3 Å². The third-order valence-electron chi connectivity index (χ3n) is 2.33. The topological polar surface area (TPSA) is 113 Å². The van der Waals surface area contributed by atoms with Crippen molar-refractivity contribution in [3.8, 4) is 5.75 Å². The Morgan fingerprint density at radius 2 is 2.05 bits per heavy atom. The van der Waals surface area contributed by atoms with E-state index in [9.17, 15) is 22.9 Å². The molecule has 0 aliphatic carbocycles. The van der Waals surface area contributed by atoms with Gasteiger partial charge in [-0.05, 0) is 6.07 Å². The second-order valence-corrected chi connectivity index (χ2v) is 6.74. The lowest BCUT2D eigenvalue weighted by atomic mass is 9.98. The van der Waals surface area contributed by atoms with Gasteiger partial charge < -0.3 is 4.74 Å². The molecular weight excluding hydrogens is 291 g/mol. The fourth-order valence-electron chi connectivity index (χ4n) is 1.61. The van der Waals surface area contributed by atoms with Crippen LogP contribution in [0.25, 0.3) is 0 Å². The minimum Gasteiger partial charge on any atom is -0.486 e. The molecule has 0 spiro atoms. The highest BCUT2D eigenvalue weighted by atomic mass is 32.2. The molecule has 0 radical (unpaired) electrons. The van der Waals surface area contributed by atoms with Crippen LogP contribution in [0.3, 0.4) is 0 Å². The van der Waals surface area contributed by atoms with Crippen LogP contribution in [0.2, 0.25) is 0 Å². The normalized spacial score (nSPS) is 12.2. The molecule has 0 aliphatic heterocycles. The maximum absolute atomic E-state index is 13.1. The van der Waals surface area contributed by atoms with Crippen LogP contribution in [0.4, 0.5) is 10.1 Å². The van der Waals surface area contributed by atoms with Crippen LogP contribution in [-0.2, 0) is 10.0 Å². The van der Waals surface area contributed by atoms with Gasteiger partial charge >= 0.3 is 5.69 Å². The first kappa shape index (κ1) is 16.3. The fraction of sp³-hybridized carbons (Fsp3) is 0.455. The highest BCUT2D eigenvalue weighted by Gasteiger charge is 2.26. The summed E-state index contributed by atoms with van der Waals surface area (Å²) >= 11 is 0. The van der Waals surface area contributed by atoms with E-state index in [0.717, 1.165) is 18.2 Å². The molecule has 0 aliphatic rings. The maximum atomic E-state index is 13.1. The number of sulfonamides is 1. The number of ether oxygens (including phenoxy) is 1. The molecule has 0 bridgehead atoms. The van der Waals surface area contributed by atoms with Crippen molar-refractivity contribution in [2.45, 2.75) is 13.8 Å². The van der Waals surface area contributed by atoms with Gasteiger partial charge in [-0.3, -0.25) is 10.1 Å².